The fourth-order valence-electron chi connectivity index (χ4n) is 0.484. The number of halogens is 1. The molecule has 0 unspecified atom stereocenters. The highest BCUT2D eigenvalue weighted by atomic mass is 19.1. The molecule has 3 heteroatoms. The Morgan fingerprint density at radius 2 is 2.20 bits per heavy atom. The van der Waals surface area contributed by atoms with Gasteiger partial charge in [-0.1, -0.05) is 5.57 Å². The van der Waals surface area contributed by atoms with Crippen LogP contribution < -0.4 is 5.32 Å². The predicted octanol–water partition coefficient (Wildman–Crippen LogP) is 1.04. The zero-order chi connectivity index (χ0) is 7.98. The maximum absolute atomic E-state index is 11.5. The van der Waals surface area contributed by atoms with Crippen LogP contribution in [0.3, 0.4) is 0 Å². The average molecular weight is 145 g/mol. The number of carbonyl (C=O) groups is 1. The van der Waals surface area contributed by atoms with Crippen LogP contribution in [0.25, 0.3) is 0 Å². The predicted molar refractivity (Wildman–Crippen MR) is 38.4 cm³/mol. The van der Waals surface area contributed by atoms with Gasteiger partial charge in [-0.25, -0.2) is 4.39 Å². The minimum absolute atomic E-state index is 0.0998. The van der Waals surface area contributed by atoms with Gasteiger partial charge in [0.15, 0.2) is 0 Å². The number of carbonyl (C=O) groups excluding carboxylic acids is 1. The van der Waals surface area contributed by atoms with Crippen molar-refractivity contribution in [3.63, 3.8) is 0 Å². The quantitative estimate of drug-likeness (QED) is 0.590. The Hall–Kier alpha value is -0.860. The average Bonchev–Trinajstić information content (AvgIpc) is 1.82. The van der Waals surface area contributed by atoms with E-state index in [-0.39, 0.29) is 12.5 Å². The maximum atomic E-state index is 11.5. The second-order valence-corrected chi connectivity index (χ2v) is 2.20. The van der Waals surface area contributed by atoms with Gasteiger partial charge in [0.2, 0.25) is 5.91 Å². The van der Waals surface area contributed by atoms with E-state index in [0.29, 0.717) is 0 Å². The molecule has 2 nitrogen and oxygen atoms in total. The summed E-state index contributed by atoms with van der Waals surface area (Å²) in [5.41, 5.74) is 0.913. The number of allylic oxidation sites excluding steroid dienone is 1. The summed E-state index contributed by atoms with van der Waals surface area (Å²) in [6.07, 6.45) is 1.44. The normalized spacial score (nSPS) is 8.70. The molecule has 1 amide bonds. The Kier molecular flexibility index (Phi) is 4.54. The molecule has 0 aromatic carbocycles. The molecule has 0 radical (unpaired) electrons. The van der Waals surface area contributed by atoms with Crippen molar-refractivity contribution in [1.82, 2.24) is 5.32 Å². The first-order valence-electron chi connectivity index (χ1n) is 3.15. The van der Waals surface area contributed by atoms with Gasteiger partial charge in [-0.15, -0.1) is 0 Å². The zero-order valence-electron chi connectivity index (χ0n) is 6.28. The zero-order valence-corrected chi connectivity index (χ0v) is 6.28. The Labute approximate surface area is 60.1 Å². The van der Waals surface area contributed by atoms with Gasteiger partial charge >= 0.3 is 0 Å². The van der Waals surface area contributed by atoms with Crippen molar-refractivity contribution in [3.05, 3.63) is 11.6 Å². The van der Waals surface area contributed by atoms with E-state index in [9.17, 15) is 9.18 Å². The Morgan fingerprint density at radius 1 is 1.60 bits per heavy atom. The fourth-order valence-corrected chi connectivity index (χ4v) is 0.484. The summed E-state index contributed by atoms with van der Waals surface area (Å²) in [6, 6.07) is 0. The second kappa shape index (κ2) is 4.97. The van der Waals surface area contributed by atoms with Crippen LogP contribution in [0.15, 0.2) is 11.6 Å². The third-order valence-electron chi connectivity index (χ3n) is 0.813. The molecular weight excluding hydrogens is 133 g/mol. The van der Waals surface area contributed by atoms with Crippen molar-refractivity contribution in [2.45, 2.75) is 13.8 Å². The molecule has 0 aliphatic carbocycles. The van der Waals surface area contributed by atoms with Crippen molar-refractivity contribution < 1.29 is 9.18 Å². The first-order chi connectivity index (χ1) is 4.66. The Morgan fingerprint density at radius 3 is 2.60 bits per heavy atom. The fraction of sp³-hybridized carbons (Fsp3) is 0.571. The van der Waals surface area contributed by atoms with E-state index in [0.717, 1.165) is 5.57 Å². The first kappa shape index (κ1) is 9.14. The molecule has 0 aliphatic rings. The molecule has 0 rings (SSSR count). The van der Waals surface area contributed by atoms with Gasteiger partial charge in [-0.3, -0.25) is 4.79 Å². The van der Waals surface area contributed by atoms with E-state index in [4.69, 9.17) is 0 Å². The number of hydrogen-bond acceptors (Lipinski definition) is 1. The molecule has 0 aliphatic heterocycles. The molecule has 0 saturated heterocycles. The van der Waals surface area contributed by atoms with Gasteiger partial charge < -0.3 is 5.32 Å². The van der Waals surface area contributed by atoms with Crippen LogP contribution in [-0.2, 0) is 4.79 Å². The van der Waals surface area contributed by atoms with Crippen LogP contribution in [-0.4, -0.2) is 19.1 Å². The first-order valence-corrected chi connectivity index (χ1v) is 3.15. The molecule has 0 atom stereocenters. The molecule has 0 spiro atoms. The smallest absolute Gasteiger partial charge is 0.243 e. The molecule has 0 heterocycles. The van der Waals surface area contributed by atoms with E-state index < -0.39 is 6.67 Å². The summed E-state index contributed by atoms with van der Waals surface area (Å²) in [7, 11) is 0. The van der Waals surface area contributed by atoms with Crippen molar-refractivity contribution >= 4 is 5.91 Å². The van der Waals surface area contributed by atoms with Crippen molar-refractivity contribution in [2.24, 2.45) is 0 Å². The lowest BCUT2D eigenvalue weighted by Gasteiger charge is -1.96. The van der Waals surface area contributed by atoms with Gasteiger partial charge in [0.1, 0.15) is 6.67 Å². The molecule has 0 aromatic rings. The van der Waals surface area contributed by atoms with Gasteiger partial charge in [0.05, 0.1) is 0 Å². The summed E-state index contributed by atoms with van der Waals surface area (Å²) in [5, 5.41) is 2.37. The van der Waals surface area contributed by atoms with Gasteiger partial charge in [-0.2, -0.15) is 0 Å². The topological polar surface area (TPSA) is 29.1 Å². The van der Waals surface area contributed by atoms with Crippen molar-refractivity contribution in [2.75, 3.05) is 13.2 Å². The SMILES string of the molecule is CC(C)=CC(=O)NCCF. The number of rotatable bonds is 3. The van der Waals surface area contributed by atoms with Gasteiger partial charge in [0, 0.05) is 12.6 Å². The highest BCUT2D eigenvalue weighted by molar-refractivity contribution is 5.87. The van der Waals surface area contributed by atoms with Crippen LogP contribution in [0.4, 0.5) is 4.39 Å². The number of hydrogen-bond donors (Lipinski definition) is 1. The maximum Gasteiger partial charge on any atom is 0.243 e. The summed E-state index contributed by atoms with van der Waals surface area (Å²) in [5.74, 6) is -0.224. The molecule has 0 fully saturated rings. The van der Waals surface area contributed by atoms with Gasteiger partial charge in [-0.05, 0) is 13.8 Å². The van der Waals surface area contributed by atoms with E-state index in [1.54, 1.807) is 0 Å². The largest absolute Gasteiger partial charge is 0.350 e. The summed E-state index contributed by atoms with van der Waals surface area (Å²) in [6.45, 7) is 3.22. The standard InChI is InChI=1S/C7H12FNO/c1-6(2)5-7(10)9-4-3-8/h5H,3-4H2,1-2H3,(H,9,10). The monoisotopic (exact) mass is 145 g/mol. The molecule has 10 heavy (non-hydrogen) atoms. The number of nitrogens with one attached hydrogen (secondary N) is 1. The van der Waals surface area contributed by atoms with Crippen LogP contribution in [0.5, 0.6) is 0 Å². The third-order valence-corrected chi connectivity index (χ3v) is 0.813. The number of alkyl halides is 1. The second-order valence-electron chi connectivity index (χ2n) is 2.20. The Bertz CT molecular complexity index is 139. The highest BCUT2D eigenvalue weighted by Crippen LogP contribution is 1.86. The summed E-state index contributed by atoms with van der Waals surface area (Å²) >= 11 is 0. The van der Waals surface area contributed by atoms with Crippen LogP contribution >= 0.6 is 0 Å². The minimum Gasteiger partial charge on any atom is -0.350 e. The lowest BCUT2D eigenvalue weighted by molar-refractivity contribution is -0.116. The van der Waals surface area contributed by atoms with Crippen molar-refractivity contribution in [1.29, 1.82) is 0 Å². The third kappa shape index (κ3) is 5.28. The Balaban J connectivity index is 3.54. The molecule has 0 aromatic heterocycles. The van der Waals surface area contributed by atoms with Crippen LogP contribution in [0.2, 0.25) is 0 Å². The highest BCUT2D eigenvalue weighted by Gasteiger charge is 1.92. The number of amides is 1. The van der Waals surface area contributed by atoms with E-state index in [2.05, 4.69) is 5.32 Å². The minimum atomic E-state index is -0.512. The molecule has 0 saturated carbocycles. The lowest BCUT2D eigenvalue weighted by atomic mass is 10.3. The van der Waals surface area contributed by atoms with Crippen molar-refractivity contribution in [3.8, 4) is 0 Å². The molecule has 1 N–H and O–H groups in total. The lowest BCUT2D eigenvalue weighted by Crippen LogP contribution is -2.23. The summed E-state index contributed by atoms with van der Waals surface area (Å²) in [4.78, 5) is 10.7. The summed E-state index contributed by atoms with van der Waals surface area (Å²) < 4.78 is 11.5. The van der Waals surface area contributed by atoms with Crippen LogP contribution in [0.1, 0.15) is 13.8 Å². The van der Waals surface area contributed by atoms with E-state index >= 15 is 0 Å². The molecule has 58 valence electrons. The molecular formula is C7H12FNO. The van der Waals surface area contributed by atoms with Gasteiger partial charge in [0.25, 0.3) is 0 Å². The van der Waals surface area contributed by atoms with Crippen LogP contribution in [0, 0.1) is 0 Å². The van der Waals surface area contributed by atoms with E-state index in [1.165, 1.54) is 6.08 Å². The molecule has 0 bridgehead atoms. The van der Waals surface area contributed by atoms with E-state index in [1.807, 2.05) is 13.8 Å².